The second kappa shape index (κ2) is 12.4. The summed E-state index contributed by atoms with van der Waals surface area (Å²) in [6.45, 7) is 5.06. The van der Waals surface area contributed by atoms with Crippen LogP contribution in [0.15, 0.2) is 41.3 Å². The molecule has 1 saturated heterocycles. The lowest BCUT2D eigenvalue weighted by molar-refractivity contribution is -0.150. The second-order valence-corrected chi connectivity index (χ2v) is 11.2. The van der Waals surface area contributed by atoms with Crippen molar-refractivity contribution in [3.63, 3.8) is 0 Å². The molecule has 0 radical (unpaired) electrons. The van der Waals surface area contributed by atoms with Crippen LogP contribution in [-0.4, -0.2) is 47.2 Å². The van der Waals surface area contributed by atoms with Gasteiger partial charge in [-0.25, -0.2) is 9.36 Å². The van der Waals surface area contributed by atoms with Crippen molar-refractivity contribution in [3.05, 3.63) is 52.6 Å². The molecule has 5 atom stereocenters. The van der Waals surface area contributed by atoms with Gasteiger partial charge in [0.15, 0.2) is 12.5 Å². The van der Waals surface area contributed by atoms with E-state index in [1.807, 2.05) is 19.1 Å². The van der Waals surface area contributed by atoms with Gasteiger partial charge in [-0.3, -0.25) is 13.9 Å². The standard InChI is InChI=1S/C25H35N4O8P/c1-4-5-16(2)35-24(30)17(3)28-38(32,37-20-10-8-19(9-11-20)18-6-7-18)34-15-23-33-14-22(36-23)29-13-12-21(26)27-25(29)31/h8-13,16-18,22-23H,4-7,14-15H2,1-3H3,(H,28,32)(H2,26,27,31)/t16-,17-,22-,23-,38?/m0/s1. The lowest BCUT2D eigenvalue weighted by Crippen LogP contribution is -2.37. The summed E-state index contributed by atoms with van der Waals surface area (Å²) >= 11 is 0. The Morgan fingerprint density at radius 2 is 2.00 bits per heavy atom. The van der Waals surface area contributed by atoms with Gasteiger partial charge in [0.2, 0.25) is 0 Å². The Kier molecular flexibility index (Phi) is 9.22. The lowest BCUT2D eigenvalue weighted by Gasteiger charge is -2.24. The first-order valence-electron chi connectivity index (χ1n) is 12.8. The number of nitrogens with zero attached hydrogens (tertiary/aromatic N) is 2. The normalized spacial score (nSPS) is 22.4. The van der Waals surface area contributed by atoms with Crippen LogP contribution in [0, 0.1) is 0 Å². The van der Waals surface area contributed by atoms with Crippen LogP contribution in [0.3, 0.4) is 0 Å². The fourth-order valence-corrected chi connectivity index (χ4v) is 5.46. The number of rotatable bonds is 13. The molecule has 1 aromatic carbocycles. The number of nitrogen functional groups attached to an aromatic ring is 1. The third-order valence-corrected chi connectivity index (χ3v) is 7.79. The zero-order chi connectivity index (χ0) is 27.3. The molecular formula is C25H35N4O8P. The molecular weight excluding hydrogens is 515 g/mol. The number of nitrogens with one attached hydrogen (secondary N) is 1. The first-order chi connectivity index (χ1) is 18.2. The minimum absolute atomic E-state index is 0.0405. The van der Waals surface area contributed by atoms with E-state index < -0.39 is 38.0 Å². The summed E-state index contributed by atoms with van der Waals surface area (Å²) in [5, 5.41) is 2.67. The number of aromatic nitrogens is 2. The number of hydrogen-bond acceptors (Lipinski definition) is 10. The van der Waals surface area contributed by atoms with Crippen LogP contribution in [0.1, 0.15) is 64.2 Å². The smallest absolute Gasteiger partial charge is 0.459 e. The van der Waals surface area contributed by atoms with E-state index in [2.05, 4.69) is 10.1 Å². The molecule has 1 aliphatic carbocycles. The molecule has 0 amide bonds. The summed E-state index contributed by atoms with van der Waals surface area (Å²) in [4.78, 5) is 28.4. The van der Waals surface area contributed by atoms with Crippen LogP contribution in [0.2, 0.25) is 0 Å². The highest BCUT2D eigenvalue weighted by Crippen LogP contribution is 2.46. The fraction of sp³-hybridized carbons (Fsp3) is 0.560. The Hall–Kier alpha value is -2.76. The van der Waals surface area contributed by atoms with E-state index in [0.29, 0.717) is 18.1 Å². The number of anilines is 1. The van der Waals surface area contributed by atoms with Gasteiger partial charge in [0.1, 0.15) is 24.2 Å². The molecule has 1 saturated carbocycles. The molecule has 0 bridgehead atoms. The Labute approximate surface area is 221 Å². The first kappa shape index (κ1) is 28.3. The number of carbonyl (C=O) groups is 1. The van der Waals surface area contributed by atoms with Crippen LogP contribution in [0.25, 0.3) is 0 Å². The maximum absolute atomic E-state index is 13.8. The van der Waals surface area contributed by atoms with Gasteiger partial charge in [-0.05, 0) is 62.8 Å². The number of hydrogen-bond donors (Lipinski definition) is 2. The minimum Gasteiger partial charge on any atom is -0.462 e. The molecule has 4 rings (SSSR count). The molecule has 2 aromatic rings. The van der Waals surface area contributed by atoms with Crippen molar-refractivity contribution in [2.45, 2.75) is 77.0 Å². The molecule has 2 heterocycles. The second-order valence-electron chi connectivity index (χ2n) is 9.51. The van der Waals surface area contributed by atoms with Crippen LogP contribution in [0.5, 0.6) is 5.75 Å². The predicted octanol–water partition coefficient (Wildman–Crippen LogP) is 3.49. The van der Waals surface area contributed by atoms with Gasteiger partial charge < -0.3 is 24.5 Å². The molecule has 3 N–H and O–H groups in total. The van der Waals surface area contributed by atoms with Crippen LogP contribution in [0.4, 0.5) is 5.82 Å². The van der Waals surface area contributed by atoms with Gasteiger partial charge in [-0.1, -0.05) is 25.5 Å². The SMILES string of the molecule is CCC[C@H](C)OC(=O)[C@H](C)NP(=O)(OC[C@H]1OC[C@@H](n2ccc(N)nc2=O)O1)Oc1ccc(C2CC2)cc1. The van der Waals surface area contributed by atoms with E-state index in [4.69, 9.17) is 29.0 Å². The van der Waals surface area contributed by atoms with Gasteiger partial charge in [-0.2, -0.15) is 10.1 Å². The average Bonchev–Trinajstić information content (AvgIpc) is 3.61. The summed E-state index contributed by atoms with van der Waals surface area (Å²) in [5.74, 6) is 0.386. The number of ether oxygens (including phenoxy) is 3. The predicted molar refractivity (Wildman–Crippen MR) is 138 cm³/mol. The fourth-order valence-electron chi connectivity index (χ4n) is 3.98. The van der Waals surface area contributed by atoms with Crippen molar-refractivity contribution < 1.29 is 32.6 Å². The van der Waals surface area contributed by atoms with E-state index >= 15 is 0 Å². The maximum atomic E-state index is 13.8. The van der Waals surface area contributed by atoms with Crippen molar-refractivity contribution >= 4 is 19.5 Å². The molecule has 208 valence electrons. The lowest BCUT2D eigenvalue weighted by atomic mass is 10.1. The van der Waals surface area contributed by atoms with Crippen molar-refractivity contribution in [2.24, 2.45) is 0 Å². The summed E-state index contributed by atoms with van der Waals surface area (Å²) in [7, 11) is -4.10. The first-order valence-corrected chi connectivity index (χ1v) is 14.3. The number of nitrogens with two attached hydrogens (primary N) is 1. The molecule has 2 aliphatic rings. The molecule has 1 unspecified atom stereocenters. The molecule has 0 spiro atoms. The van der Waals surface area contributed by atoms with Crippen molar-refractivity contribution in [1.82, 2.24) is 14.6 Å². The van der Waals surface area contributed by atoms with Crippen LogP contribution >= 0.6 is 7.75 Å². The van der Waals surface area contributed by atoms with E-state index in [1.165, 1.54) is 29.3 Å². The zero-order valence-electron chi connectivity index (χ0n) is 21.8. The van der Waals surface area contributed by atoms with Gasteiger partial charge >= 0.3 is 19.4 Å². The Bertz CT molecular complexity index is 1200. The van der Waals surface area contributed by atoms with Crippen LogP contribution in [-0.2, 0) is 28.1 Å². The van der Waals surface area contributed by atoms with E-state index in [9.17, 15) is 14.2 Å². The van der Waals surface area contributed by atoms with Gasteiger partial charge in [0.05, 0.1) is 12.7 Å². The highest BCUT2D eigenvalue weighted by atomic mass is 31.2. The molecule has 38 heavy (non-hydrogen) atoms. The third kappa shape index (κ3) is 7.64. The Balaban J connectivity index is 1.41. The summed E-state index contributed by atoms with van der Waals surface area (Å²) < 4.78 is 43.2. The third-order valence-electron chi connectivity index (χ3n) is 6.15. The largest absolute Gasteiger partial charge is 0.462 e. The van der Waals surface area contributed by atoms with Crippen molar-refractivity contribution in [3.8, 4) is 5.75 Å². The van der Waals surface area contributed by atoms with Gasteiger partial charge in [0, 0.05) is 6.20 Å². The van der Waals surface area contributed by atoms with Crippen molar-refractivity contribution in [1.29, 1.82) is 0 Å². The van der Waals surface area contributed by atoms with Gasteiger partial charge in [0.25, 0.3) is 0 Å². The number of esters is 1. The van der Waals surface area contributed by atoms with Crippen LogP contribution < -0.4 is 21.0 Å². The highest BCUT2D eigenvalue weighted by Gasteiger charge is 2.36. The monoisotopic (exact) mass is 550 g/mol. The molecule has 1 aliphatic heterocycles. The summed E-state index contributed by atoms with van der Waals surface area (Å²) in [6.07, 6.45) is 3.33. The number of carbonyl (C=O) groups excluding carboxylic acids is 1. The average molecular weight is 551 g/mol. The number of benzene rings is 1. The molecule has 1 aromatic heterocycles. The highest BCUT2D eigenvalue weighted by molar-refractivity contribution is 7.52. The van der Waals surface area contributed by atoms with Gasteiger partial charge in [-0.15, -0.1) is 0 Å². The summed E-state index contributed by atoms with van der Waals surface area (Å²) in [5.41, 5.74) is 6.14. The minimum atomic E-state index is -4.10. The Morgan fingerprint density at radius 1 is 1.26 bits per heavy atom. The Morgan fingerprint density at radius 3 is 2.66 bits per heavy atom. The van der Waals surface area contributed by atoms with E-state index in [0.717, 1.165) is 19.3 Å². The molecule has 13 heteroatoms. The van der Waals surface area contributed by atoms with Crippen molar-refractivity contribution in [2.75, 3.05) is 18.9 Å². The van der Waals surface area contributed by atoms with E-state index in [-0.39, 0.29) is 25.1 Å². The maximum Gasteiger partial charge on any atom is 0.459 e. The summed E-state index contributed by atoms with van der Waals surface area (Å²) in [6, 6.07) is 7.77. The quantitative estimate of drug-likeness (QED) is 0.278. The molecule has 2 fully saturated rings. The molecule has 12 nitrogen and oxygen atoms in total. The van der Waals surface area contributed by atoms with E-state index in [1.54, 1.807) is 19.1 Å². The zero-order valence-corrected chi connectivity index (χ0v) is 22.7. The topological polar surface area (TPSA) is 153 Å².